The van der Waals surface area contributed by atoms with Crippen LogP contribution in [0.15, 0.2) is 16.3 Å². The van der Waals surface area contributed by atoms with Crippen molar-refractivity contribution in [3.63, 3.8) is 0 Å². The van der Waals surface area contributed by atoms with Gasteiger partial charge in [-0.25, -0.2) is 8.42 Å². The van der Waals surface area contributed by atoms with E-state index in [0.29, 0.717) is 23.8 Å². The molecule has 1 aliphatic heterocycles. The van der Waals surface area contributed by atoms with Crippen molar-refractivity contribution >= 4 is 21.4 Å². The molecule has 0 saturated carbocycles. The number of nitrogens with two attached hydrogens (primary N) is 1. The van der Waals surface area contributed by atoms with Gasteiger partial charge in [0.05, 0.1) is 0 Å². The number of hydrogen-bond donors (Lipinski definition) is 1. The van der Waals surface area contributed by atoms with Crippen molar-refractivity contribution in [2.75, 3.05) is 19.6 Å². The average Bonchev–Trinajstić information content (AvgIpc) is 2.77. The first-order valence-corrected chi connectivity index (χ1v) is 8.90. The molecule has 1 aromatic heterocycles. The summed E-state index contributed by atoms with van der Waals surface area (Å²) in [6.07, 6.45) is 2.76. The summed E-state index contributed by atoms with van der Waals surface area (Å²) >= 11 is 1.35. The Morgan fingerprint density at radius 2 is 2.16 bits per heavy atom. The van der Waals surface area contributed by atoms with E-state index in [9.17, 15) is 8.42 Å². The molecule has 1 aromatic rings. The van der Waals surface area contributed by atoms with Gasteiger partial charge in [0.25, 0.3) is 10.0 Å². The smallest absolute Gasteiger partial charge is 0.252 e. The number of piperidine rings is 1. The van der Waals surface area contributed by atoms with Crippen LogP contribution in [-0.2, 0) is 16.4 Å². The second-order valence-corrected chi connectivity index (χ2v) is 9.20. The number of hydrogen-bond acceptors (Lipinski definition) is 4. The lowest BCUT2D eigenvalue weighted by Gasteiger charge is -2.36. The fourth-order valence-corrected chi connectivity index (χ4v) is 5.67. The van der Waals surface area contributed by atoms with E-state index in [1.807, 2.05) is 6.07 Å². The summed E-state index contributed by atoms with van der Waals surface area (Å²) in [5.74, 6) is 0. The molecule has 0 amide bonds. The second kappa shape index (κ2) is 5.52. The van der Waals surface area contributed by atoms with Crippen LogP contribution in [0.25, 0.3) is 0 Å². The summed E-state index contributed by atoms with van der Waals surface area (Å²) in [7, 11) is -3.32. The van der Waals surface area contributed by atoms with E-state index in [-0.39, 0.29) is 5.41 Å². The number of nitrogens with zero attached hydrogens (tertiary/aromatic N) is 1. The van der Waals surface area contributed by atoms with Crippen LogP contribution in [0.4, 0.5) is 0 Å². The van der Waals surface area contributed by atoms with Gasteiger partial charge in [0.1, 0.15) is 4.21 Å². The van der Waals surface area contributed by atoms with Crippen LogP contribution in [0, 0.1) is 5.41 Å². The Kier molecular flexibility index (Phi) is 4.35. The normalized spacial score (nSPS) is 20.6. The maximum absolute atomic E-state index is 12.6. The van der Waals surface area contributed by atoms with Crippen molar-refractivity contribution in [2.24, 2.45) is 11.1 Å². The van der Waals surface area contributed by atoms with Gasteiger partial charge in [-0.3, -0.25) is 0 Å². The van der Waals surface area contributed by atoms with Crippen molar-refractivity contribution in [2.45, 2.75) is 37.3 Å². The molecule has 0 aromatic carbocycles. The summed E-state index contributed by atoms with van der Waals surface area (Å²) in [6.45, 7) is 6.05. The molecule has 4 nitrogen and oxygen atoms in total. The zero-order valence-corrected chi connectivity index (χ0v) is 13.2. The number of rotatable bonds is 4. The molecule has 108 valence electrons. The van der Waals surface area contributed by atoms with E-state index >= 15 is 0 Å². The van der Waals surface area contributed by atoms with Gasteiger partial charge < -0.3 is 5.73 Å². The second-order valence-electron chi connectivity index (χ2n) is 5.87. The van der Waals surface area contributed by atoms with Gasteiger partial charge in [-0.1, -0.05) is 13.8 Å². The highest BCUT2D eigenvalue weighted by Crippen LogP contribution is 2.33. The monoisotopic (exact) mass is 302 g/mol. The summed E-state index contributed by atoms with van der Waals surface area (Å²) in [4.78, 5) is 1.04. The lowest BCUT2D eigenvalue weighted by Crippen LogP contribution is -2.43. The highest BCUT2D eigenvalue weighted by molar-refractivity contribution is 7.91. The fourth-order valence-electron chi connectivity index (χ4n) is 2.48. The van der Waals surface area contributed by atoms with Gasteiger partial charge in [0, 0.05) is 18.0 Å². The summed E-state index contributed by atoms with van der Waals surface area (Å²) in [5.41, 5.74) is 5.58. The molecule has 0 spiro atoms. The largest absolute Gasteiger partial charge is 0.330 e. The molecule has 0 bridgehead atoms. The molecule has 2 N–H and O–H groups in total. The molecular formula is C13H22N2O2S2. The predicted molar refractivity (Wildman–Crippen MR) is 78.9 cm³/mol. The molecule has 0 unspecified atom stereocenters. The third-order valence-electron chi connectivity index (χ3n) is 3.49. The average molecular weight is 302 g/mol. The molecule has 0 radical (unpaired) electrons. The fraction of sp³-hybridized carbons (Fsp3) is 0.692. The maximum Gasteiger partial charge on any atom is 0.252 e. The molecule has 6 heteroatoms. The molecule has 1 aliphatic rings. The Hall–Kier alpha value is -0.430. The molecule has 2 rings (SSSR count). The first-order valence-electron chi connectivity index (χ1n) is 6.64. The highest BCUT2D eigenvalue weighted by Gasteiger charge is 2.34. The Morgan fingerprint density at radius 1 is 1.42 bits per heavy atom. The predicted octanol–water partition coefficient (Wildman–Crippen LogP) is 2.06. The Balaban J connectivity index is 2.21. The van der Waals surface area contributed by atoms with Crippen LogP contribution >= 0.6 is 11.3 Å². The quantitative estimate of drug-likeness (QED) is 0.926. The van der Waals surface area contributed by atoms with Crippen LogP contribution in [0.5, 0.6) is 0 Å². The van der Waals surface area contributed by atoms with E-state index in [0.717, 1.165) is 24.1 Å². The van der Waals surface area contributed by atoms with Crippen molar-refractivity contribution < 1.29 is 8.42 Å². The SMILES string of the molecule is CC1(C)CCCN(S(=O)(=O)c2ccc(CCN)s2)C1. The van der Waals surface area contributed by atoms with Crippen molar-refractivity contribution in [1.29, 1.82) is 0 Å². The van der Waals surface area contributed by atoms with E-state index in [2.05, 4.69) is 13.8 Å². The molecule has 1 fully saturated rings. The topological polar surface area (TPSA) is 63.4 Å². The minimum Gasteiger partial charge on any atom is -0.330 e. The van der Waals surface area contributed by atoms with Crippen LogP contribution < -0.4 is 5.73 Å². The minimum atomic E-state index is -3.32. The molecule has 1 saturated heterocycles. The van der Waals surface area contributed by atoms with Crippen LogP contribution in [-0.4, -0.2) is 32.4 Å². The Labute approximate surface area is 119 Å². The van der Waals surface area contributed by atoms with Gasteiger partial charge in [-0.2, -0.15) is 4.31 Å². The van der Waals surface area contributed by atoms with Crippen LogP contribution in [0.2, 0.25) is 0 Å². The third-order valence-corrected chi connectivity index (χ3v) is 6.94. The maximum atomic E-state index is 12.6. The standard InChI is InChI=1S/C13H22N2O2S2/c1-13(2)7-3-9-15(10-13)19(16,17)12-5-4-11(18-12)6-8-14/h4-5H,3,6-10,14H2,1-2H3. The van der Waals surface area contributed by atoms with E-state index in [1.165, 1.54) is 11.3 Å². The summed E-state index contributed by atoms with van der Waals surface area (Å²) < 4.78 is 27.3. The van der Waals surface area contributed by atoms with Crippen molar-refractivity contribution in [1.82, 2.24) is 4.31 Å². The van der Waals surface area contributed by atoms with Crippen LogP contribution in [0.1, 0.15) is 31.6 Å². The lowest BCUT2D eigenvalue weighted by molar-refractivity contribution is 0.187. The van der Waals surface area contributed by atoms with E-state index in [4.69, 9.17) is 5.73 Å². The summed E-state index contributed by atoms with van der Waals surface area (Å²) in [6, 6.07) is 3.59. The van der Waals surface area contributed by atoms with Gasteiger partial charge in [-0.15, -0.1) is 11.3 Å². The Bertz CT molecular complexity index is 535. The Morgan fingerprint density at radius 3 is 2.79 bits per heavy atom. The van der Waals surface area contributed by atoms with E-state index < -0.39 is 10.0 Å². The zero-order chi connectivity index (χ0) is 14.1. The minimum absolute atomic E-state index is 0.0721. The number of sulfonamides is 1. The van der Waals surface area contributed by atoms with Gasteiger partial charge in [0.15, 0.2) is 0 Å². The van der Waals surface area contributed by atoms with E-state index in [1.54, 1.807) is 10.4 Å². The lowest BCUT2D eigenvalue weighted by atomic mass is 9.85. The molecule has 19 heavy (non-hydrogen) atoms. The molecule has 0 atom stereocenters. The molecular weight excluding hydrogens is 280 g/mol. The van der Waals surface area contributed by atoms with Gasteiger partial charge in [-0.05, 0) is 43.4 Å². The third kappa shape index (κ3) is 3.37. The van der Waals surface area contributed by atoms with Gasteiger partial charge in [0.2, 0.25) is 0 Å². The zero-order valence-electron chi connectivity index (χ0n) is 11.6. The van der Waals surface area contributed by atoms with Gasteiger partial charge >= 0.3 is 0 Å². The molecule has 2 heterocycles. The first kappa shape index (κ1) is 15.0. The summed E-state index contributed by atoms with van der Waals surface area (Å²) in [5, 5.41) is 0. The van der Waals surface area contributed by atoms with Crippen molar-refractivity contribution in [3.8, 4) is 0 Å². The molecule has 0 aliphatic carbocycles. The number of thiophene rings is 1. The van der Waals surface area contributed by atoms with Crippen LogP contribution in [0.3, 0.4) is 0 Å². The highest BCUT2D eigenvalue weighted by atomic mass is 32.2. The first-order chi connectivity index (χ1) is 8.85. The van der Waals surface area contributed by atoms with Crippen molar-refractivity contribution in [3.05, 3.63) is 17.0 Å².